The van der Waals surface area contributed by atoms with Gasteiger partial charge in [0, 0.05) is 19.3 Å². The summed E-state index contributed by atoms with van der Waals surface area (Å²) in [6.07, 6.45) is 8.03. The number of nitrogens with one attached hydrogen (secondary N) is 1. The average molecular weight is 250 g/mol. The Balaban J connectivity index is 2.14. The number of nitrogens with zero attached hydrogens (tertiary/aromatic N) is 1. The fraction of sp³-hybridized carbons (Fsp3) is 0.667. The van der Waals surface area contributed by atoms with Gasteiger partial charge in [0.2, 0.25) is 0 Å². The van der Waals surface area contributed by atoms with Crippen LogP contribution < -0.4 is 5.32 Å². The fourth-order valence-corrected chi connectivity index (χ4v) is 1.69. The van der Waals surface area contributed by atoms with Gasteiger partial charge in [-0.2, -0.15) is 0 Å². The van der Waals surface area contributed by atoms with Crippen LogP contribution in [0.5, 0.6) is 0 Å². The zero-order chi connectivity index (χ0) is 13.1. The number of ether oxygens (including phenoxy) is 1. The zero-order valence-electron chi connectivity index (χ0n) is 11.7. The summed E-state index contributed by atoms with van der Waals surface area (Å²) in [5.41, 5.74) is 1.15. The Hall–Kier alpha value is -1.09. The van der Waals surface area contributed by atoms with E-state index < -0.39 is 0 Å². The molecule has 0 aliphatic carbocycles. The molecule has 1 heterocycles. The number of unbranched alkanes of at least 4 members (excludes halogenated alkanes) is 3. The fourth-order valence-electron chi connectivity index (χ4n) is 1.69. The van der Waals surface area contributed by atoms with Crippen molar-refractivity contribution in [1.82, 2.24) is 4.98 Å². The first-order chi connectivity index (χ1) is 8.86. The second-order valence-corrected chi connectivity index (χ2v) is 4.59. The van der Waals surface area contributed by atoms with Crippen LogP contribution in [0.15, 0.2) is 18.3 Å². The quantitative estimate of drug-likeness (QED) is 0.637. The molecule has 102 valence electrons. The zero-order valence-corrected chi connectivity index (χ0v) is 11.7. The Morgan fingerprint density at radius 3 is 2.67 bits per heavy atom. The molecule has 1 rings (SSSR count). The maximum atomic E-state index is 5.63. The number of rotatable bonds is 10. The van der Waals surface area contributed by atoms with Crippen LogP contribution in [0, 0.1) is 0 Å². The van der Waals surface area contributed by atoms with Crippen molar-refractivity contribution in [1.29, 1.82) is 0 Å². The van der Waals surface area contributed by atoms with Crippen LogP contribution >= 0.6 is 0 Å². The van der Waals surface area contributed by atoms with Gasteiger partial charge >= 0.3 is 0 Å². The molecule has 0 saturated carbocycles. The van der Waals surface area contributed by atoms with E-state index in [0.29, 0.717) is 6.61 Å². The molecule has 1 aromatic heterocycles. The van der Waals surface area contributed by atoms with Crippen LogP contribution in [0.3, 0.4) is 0 Å². The van der Waals surface area contributed by atoms with Gasteiger partial charge in [-0.05, 0) is 24.5 Å². The third-order valence-electron chi connectivity index (χ3n) is 2.79. The summed E-state index contributed by atoms with van der Waals surface area (Å²) in [5, 5.41) is 3.26. The van der Waals surface area contributed by atoms with Crippen molar-refractivity contribution in [3.63, 3.8) is 0 Å². The summed E-state index contributed by atoms with van der Waals surface area (Å²) in [4.78, 5) is 4.35. The van der Waals surface area contributed by atoms with Crippen LogP contribution in [0.2, 0.25) is 0 Å². The minimum atomic E-state index is 0.674. The Bertz CT molecular complexity index is 298. The molecule has 0 aliphatic heterocycles. The lowest BCUT2D eigenvalue weighted by molar-refractivity contribution is 0.116. The van der Waals surface area contributed by atoms with E-state index >= 15 is 0 Å². The average Bonchev–Trinajstić information content (AvgIpc) is 2.42. The molecule has 0 radical (unpaired) electrons. The van der Waals surface area contributed by atoms with Gasteiger partial charge in [0.15, 0.2) is 0 Å². The van der Waals surface area contributed by atoms with Gasteiger partial charge in [0.05, 0.1) is 6.61 Å². The van der Waals surface area contributed by atoms with Crippen molar-refractivity contribution >= 4 is 5.82 Å². The van der Waals surface area contributed by atoms with E-state index in [2.05, 4.69) is 30.2 Å². The molecule has 0 spiro atoms. The molecule has 0 fully saturated rings. The summed E-state index contributed by atoms with van der Waals surface area (Å²) in [6, 6.07) is 4.10. The van der Waals surface area contributed by atoms with Crippen LogP contribution in [-0.2, 0) is 11.3 Å². The van der Waals surface area contributed by atoms with Gasteiger partial charge in [-0.1, -0.05) is 39.2 Å². The summed E-state index contributed by atoms with van der Waals surface area (Å²) in [7, 11) is 0. The molecule has 3 heteroatoms. The minimum Gasteiger partial charge on any atom is -0.377 e. The molecule has 0 saturated heterocycles. The van der Waals surface area contributed by atoms with Crippen LogP contribution in [0.1, 0.15) is 51.5 Å². The number of hydrogen-bond acceptors (Lipinski definition) is 3. The molecule has 0 amide bonds. The molecule has 0 atom stereocenters. The van der Waals surface area contributed by atoms with Gasteiger partial charge < -0.3 is 10.1 Å². The smallest absolute Gasteiger partial charge is 0.125 e. The van der Waals surface area contributed by atoms with Gasteiger partial charge in [-0.3, -0.25) is 0 Å². The van der Waals surface area contributed by atoms with E-state index in [1.165, 1.54) is 19.3 Å². The summed E-state index contributed by atoms with van der Waals surface area (Å²) >= 11 is 0. The Morgan fingerprint density at radius 2 is 2.00 bits per heavy atom. The molecule has 3 nitrogen and oxygen atoms in total. The number of aromatic nitrogens is 1. The van der Waals surface area contributed by atoms with E-state index in [0.717, 1.165) is 37.4 Å². The standard InChI is InChI=1S/C15H26N2O/c1-3-5-6-7-11-18-13-14-8-9-15(17-12-14)16-10-4-2/h8-9,12H,3-7,10-11,13H2,1-2H3,(H,16,17). The maximum absolute atomic E-state index is 5.63. The molecule has 0 aromatic carbocycles. The number of anilines is 1. The van der Waals surface area contributed by atoms with E-state index in [1.807, 2.05) is 12.3 Å². The van der Waals surface area contributed by atoms with Crippen LogP contribution in [0.4, 0.5) is 5.82 Å². The monoisotopic (exact) mass is 250 g/mol. The van der Waals surface area contributed by atoms with Crippen molar-refractivity contribution in [2.45, 2.75) is 52.6 Å². The van der Waals surface area contributed by atoms with E-state index in [1.54, 1.807) is 0 Å². The first kappa shape index (κ1) is 15.0. The lowest BCUT2D eigenvalue weighted by atomic mass is 10.2. The Labute approximate surface area is 111 Å². The molecule has 0 aliphatic rings. The largest absolute Gasteiger partial charge is 0.377 e. The highest BCUT2D eigenvalue weighted by Gasteiger charge is 1.96. The van der Waals surface area contributed by atoms with E-state index in [4.69, 9.17) is 4.74 Å². The first-order valence-electron chi connectivity index (χ1n) is 7.13. The van der Waals surface area contributed by atoms with Gasteiger partial charge in [0.1, 0.15) is 5.82 Å². The maximum Gasteiger partial charge on any atom is 0.125 e. The first-order valence-corrected chi connectivity index (χ1v) is 7.13. The highest BCUT2D eigenvalue weighted by molar-refractivity contribution is 5.35. The van der Waals surface area contributed by atoms with Crippen molar-refractivity contribution in [3.8, 4) is 0 Å². The topological polar surface area (TPSA) is 34.1 Å². The summed E-state index contributed by atoms with van der Waals surface area (Å²) in [5.74, 6) is 0.948. The molecule has 1 N–H and O–H groups in total. The van der Waals surface area contributed by atoms with Crippen molar-refractivity contribution in [2.75, 3.05) is 18.5 Å². The molecule has 18 heavy (non-hydrogen) atoms. The van der Waals surface area contributed by atoms with E-state index in [9.17, 15) is 0 Å². The van der Waals surface area contributed by atoms with Crippen LogP contribution in [-0.4, -0.2) is 18.1 Å². The SMILES string of the molecule is CCCCCCOCc1ccc(NCCC)nc1. The summed E-state index contributed by atoms with van der Waals surface area (Å²) < 4.78 is 5.63. The highest BCUT2D eigenvalue weighted by atomic mass is 16.5. The molecular weight excluding hydrogens is 224 g/mol. The molecule has 1 aromatic rings. The highest BCUT2D eigenvalue weighted by Crippen LogP contribution is 2.07. The predicted octanol–water partition coefficient (Wildman–Crippen LogP) is 4.00. The normalized spacial score (nSPS) is 10.6. The molecule has 0 unspecified atom stereocenters. The summed E-state index contributed by atoms with van der Waals surface area (Å²) in [6.45, 7) is 6.87. The van der Waals surface area contributed by atoms with Gasteiger partial charge in [-0.15, -0.1) is 0 Å². The second-order valence-electron chi connectivity index (χ2n) is 4.59. The van der Waals surface area contributed by atoms with Crippen molar-refractivity contribution in [2.24, 2.45) is 0 Å². The second kappa shape index (κ2) is 9.89. The third-order valence-corrected chi connectivity index (χ3v) is 2.79. The lowest BCUT2D eigenvalue weighted by Gasteiger charge is -2.06. The van der Waals surface area contributed by atoms with Gasteiger partial charge in [-0.25, -0.2) is 4.98 Å². The third kappa shape index (κ3) is 6.60. The lowest BCUT2D eigenvalue weighted by Crippen LogP contribution is -2.02. The van der Waals surface area contributed by atoms with Crippen molar-refractivity contribution < 1.29 is 4.74 Å². The minimum absolute atomic E-state index is 0.674. The van der Waals surface area contributed by atoms with Gasteiger partial charge in [0.25, 0.3) is 0 Å². The number of hydrogen-bond donors (Lipinski definition) is 1. The Kier molecular flexibility index (Phi) is 8.23. The van der Waals surface area contributed by atoms with E-state index in [-0.39, 0.29) is 0 Å². The molecular formula is C15H26N2O. The predicted molar refractivity (Wildman–Crippen MR) is 76.8 cm³/mol. The van der Waals surface area contributed by atoms with Crippen LogP contribution in [0.25, 0.3) is 0 Å². The Morgan fingerprint density at radius 1 is 1.11 bits per heavy atom. The van der Waals surface area contributed by atoms with Crippen molar-refractivity contribution in [3.05, 3.63) is 23.9 Å². The molecule has 0 bridgehead atoms. The number of pyridine rings is 1.